The van der Waals surface area contributed by atoms with Gasteiger partial charge in [0.1, 0.15) is 0 Å². The summed E-state index contributed by atoms with van der Waals surface area (Å²) in [4.78, 5) is 24.4. The maximum atomic E-state index is 11.9. The summed E-state index contributed by atoms with van der Waals surface area (Å²) in [6.07, 6.45) is 0.746. The lowest BCUT2D eigenvalue weighted by Crippen LogP contribution is -2.37. The number of fused-ring (bicyclic) bond motifs is 1. The number of nitrogens with two attached hydrogens (primary N) is 1. The van der Waals surface area contributed by atoms with E-state index < -0.39 is 5.97 Å². The van der Waals surface area contributed by atoms with E-state index in [0.29, 0.717) is 26.2 Å². The molecule has 0 radical (unpaired) electrons. The number of carbonyl (C=O) groups excluding carboxylic acids is 1. The molecule has 2 amide bonds. The fraction of sp³-hybridized carbons (Fsp3) is 0.385. The topological polar surface area (TPSA) is 95.7 Å². The van der Waals surface area contributed by atoms with Crippen molar-refractivity contribution in [2.75, 3.05) is 13.1 Å². The summed E-state index contributed by atoms with van der Waals surface area (Å²) in [5, 5.41) is 11.7. The zero-order chi connectivity index (χ0) is 13.8. The van der Waals surface area contributed by atoms with Gasteiger partial charge in [0.05, 0.1) is 5.56 Å². The zero-order valence-electron chi connectivity index (χ0n) is 10.6. The number of benzene rings is 1. The first kappa shape index (κ1) is 13.4. The van der Waals surface area contributed by atoms with Gasteiger partial charge in [0, 0.05) is 19.6 Å². The molecule has 1 heterocycles. The first-order chi connectivity index (χ1) is 9.11. The van der Waals surface area contributed by atoms with Crippen LogP contribution in [0, 0.1) is 0 Å². The SMILES string of the molecule is NCCCNC(=O)N1Cc2ccc(C(=O)O)cc2C1. The van der Waals surface area contributed by atoms with Gasteiger partial charge in [0.25, 0.3) is 0 Å². The number of amides is 2. The smallest absolute Gasteiger partial charge is 0.335 e. The van der Waals surface area contributed by atoms with Crippen molar-refractivity contribution in [1.29, 1.82) is 0 Å². The molecular weight excluding hydrogens is 246 g/mol. The minimum atomic E-state index is -0.950. The van der Waals surface area contributed by atoms with E-state index in [1.807, 2.05) is 0 Å². The molecule has 2 rings (SSSR count). The van der Waals surface area contributed by atoms with Crippen molar-refractivity contribution >= 4 is 12.0 Å². The Morgan fingerprint density at radius 1 is 1.32 bits per heavy atom. The maximum absolute atomic E-state index is 11.9. The molecule has 4 N–H and O–H groups in total. The molecule has 0 aromatic heterocycles. The van der Waals surface area contributed by atoms with Gasteiger partial charge in [-0.05, 0) is 36.2 Å². The van der Waals surface area contributed by atoms with E-state index in [0.717, 1.165) is 17.5 Å². The van der Waals surface area contributed by atoms with Gasteiger partial charge in [-0.2, -0.15) is 0 Å². The molecule has 0 bridgehead atoms. The van der Waals surface area contributed by atoms with Crippen molar-refractivity contribution < 1.29 is 14.7 Å². The van der Waals surface area contributed by atoms with Crippen molar-refractivity contribution in [2.45, 2.75) is 19.5 Å². The monoisotopic (exact) mass is 263 g/mol. The molecule has 0 aliphatic carbocycles. The number of hydrogen-bond donors (Lipinski definition) is 3. The summed E-state index contributed by atoms with van der Waals surface area (Å²) >= 11 is 0. The van der Waals surface area contributed by atoms with Crippen LogP contribution in [0.2, 0.25) is 0 Å². The maximum Gasteiger partial charge on any atom is 0.335 e. The molecule has 1 aliphatic heterocycles. The van der Waals surface area contributed by atoms with E-state index in [9.17, 15) is 9.59 Å². The average Bonchev–Trinajstić information content (AvgIpc) is 2.81. The summed E-state index contributed by atoms with van der Waals surface area (Å²) in [5.74, 6) is -0.950. The molecule has 0 saturated carbocycles. The molecule has 0 atom stereocenters. The first-order valence-electron chi connectivity index (χ1n) is 6.19. The summed E-state index contributed by atoms with van der Waals surface area (Å²) < 4.78 is 0. The highest BCUT2D eigenvalue weighted by Gasteiger charge is 2.23. The summed E-state index contributed by atoms with van der Waals surface area (Å²) in [5.41, 5.74) is 7.51. The Hall–Kier alpha value is -2.08. The van der Waals surface area contributed by atoms with Gasteiger partial charge in [0.15, 0.2) is 0 Å². The summed E-state index contributed by atoms with van der Waals surface area (Å²) in [6.45, 7) is 2.07. The van der Waals surface area contributed by atoms with Crippen molar-refractivity contribution in [3.05, 3.63) is 34.9 Å². The molecule has 0 saturated heterocycles. The highest BCUT2D eigenvalue weighted by Crippen LogP contribution is 2.23. The van der Waals surface area contributed by atoms with Gasteiger partial charge in [0.2, 0.25) is 0 Å². The highest BCUT2D eigenvalue weighted by molar-refractivity contribution is 5.88. The lowest BCUT2D eigenvalue weighted by molar-refractivity contribution is 0.0696. The second-order valence-corrected chi connectivity index (χ2v) is 4.52. The van der Waals surface area contributed by atoms with E-state index in [2.05, 4.69) is 5.32 Å². The Bertz CT molecular complexity index is 502. The molecule has 1 aromatic rings. The largest absolute Gasteiger partial charge is 0.478 e. The lowest BCUT2D eigenvalue weighted by atomic mass is 10.1. The van der Waals surface area contributed by atoms with Gasteiger partial charge in [-0.15, -0.1) is 0 Å². The van der Waals surface area contributed by atoms with Crippen molar-refractivity contribution in [1.82, 2.24) is 10.2 Å². The Kier molecular flexibility index (Phi) is 4.01. The molecule has 1 aliphatic rings. The van der Waals surface area contributed by atoms with Crippen LogP contribution in [0.25, 0.3) is 0 Å². The van der Waals surface area contributed by atoms with Gasteiger partial charge in [-0.1, -0.05) is 6.07 Å². The van der Waals surface area contributed by atoms with Crippen LogP contribution in [0.3, 0.4) is 0 Å². The van der Waals surface area contributed by atoms with Crippen LogP contribution < -0.4 is 11.1 Å². The molecule has 102 valence electrons. The van der Waals surface area contributed by atoms with Gasteiger partial charge in [-0.3, -0.25) is 0 Å². The minimum absolute atomic E-state index is 0.137. The van der Waals surface area contributed by atoms with Gasteiger partial charge in [-0.25, -0.2) is 9.59 Å². The Morgan fingerprint density at radius 2 is 2.05 bits per heavy atom. The number of carbonyl (C=O) groups is 2. The number of hydrogen-bond acceptors (Lipinski definition) is 3. The first-order valence-corrected chi connectivity index (χ1v) is 6.19. The highest BCUT2D eigenvalue weighted by atomic mass is 16.4. The predicted molar refractivity (Wildman–Crippen MR) is 69.7 cm³/mol. The number of urea groups is 1. The number of rotatable bonds is 4. The van der Waals surface area contributed by atoms with Gasteiger partial charge < -0.3 is 21.1 Å². The van der Waals surface area contributed by atoms with Gasteiger partial charge >= 0.3 is 12.0 Å². The van der Waals surface area contributed by atoms with Crippen LogP contribution in [0.4, 0.5) is 4.79 Å². The molecule has 0 unspecified atom stereocenters. The fourth-order valence-electron chi connectivity index (χ4n) is 2.08. The molecular formula is C13H17N3O3. The molecule has 6 nitrogen and oxygen atoms in total. The van der Waals surface area contributed by atoms with Crippen LogP contribution in [-0.4, -0.2) is 35.1 Å². The predicted octanol–water partition coefficient (Wildman–Crippen LogP) is 0.759. The molecule has 19 heavy (non-hydrogen) atoms. The van der Waals surface area contributed by atoms with Crippen LogP contribution in [0.1, 0.15) is 27.9 Å². The van der Waals surface area contributed by atoms with E-state index >= 15 is 0 Å². The summed E-state index contributed by atoms with van der Waals surface area (Å²) in [7, 11) is 0. The normalized spacial score (nSPS) is 13.2. The van der Waals surface area contributed by atoms with Crippen molar-refractivity contribution in [3.8, 4) is 0 Å². The Balaban J connectivity index is 1.99. The second kappa shape index (κ2) is 5.71. The summed E-state index contributed by atoms with van der Waals surface area (Å²) in [6, 6.07) is 4.83. The van der Waals surface area contributed by atoms with E-state index in [1.165, 1.54) is 0 Å². The van der Waals surface area contributed by atoms with E-state index in [1.54, 1.807) is 23.1 Å². The molecule has 6 heteroatoms. The number of nitrogens with zero attached hydrogens (tertiary/aromatic N) is 1. The number of carboxylic acid groups (broad SMARTS) is 1. The third kappa shape index (κ3) is 3.03. The molecule has 1 aromatic carbocycles. The Labute approximate surface area is 111 Å². The molecule has 0 fully saturated rings. The third-order valence-corrected chi connectivity index (χ3v) is 3.12. The standard InChI is InChI=1S/C13H17N3O3/c14-4-1-5-15-13(19)16-7-10-3-2-9(12(17)18)6-11(10)8-16/h2-3,6H,1,4-5,7-8,14H2,(H,15,19)(H,17,18). The van der Waals surface area contributed by atoms with Crippen LogP contribution in [-0.2, 0) is 13.1 Å². The fourth-order valence-corrected chi connectivity index (χ4v) is 2.08. The third-order valence-electron chi connectivity index (χ3n) is 3.12. The Morgan fingerprint density at radius 3 is 2.74 bits per heavy atom. The quantitative estimate of drug-likeness (QED) is 0.699. The number of nitrogens with one attached hydrogen (secondary N) is 1. The van der Waals surface area contributed by atoms with Crippen LogP contribution in [0.5, 0.6) is 0 Å². The number of aromatic carboxylic acids is 1. The van der Waals surface area contributed by atoms with E-state index in [-0.39, 0.29) is 11.6 Å². The molecule has 0 spiro atoms. The van der Waals surface area contributed by atoms with Crippen molar-refractivity contribution in [3.63, 3.8) is 0 Å². The lowest BCUT2D eigenvalue weighted by Gasteiger charge is -2.16. The van der Waals surface area contributed by atoms with Crippen LogP contribution in [0.15, 0.2) is 18.2 Å². The van der Waals surface area contributed by atoms with Crippen LogP contribution >= 0.6 is 0 Å². The average molecular weight is 263 g/mol. The second-order valence-electron chi connectivity index (χ2n) is 4.52. The van der Waals surface area contributed by atoms with Crippen molar-refractivity contribution in [2.24, 2.45) is 5.73 Å². The zero-order valence-corrected chi connectivity index (χ0v) is 10.6. The number of carboxylic acids is 1. The van der Waals surface area contributed by atoms with E-state index in [4.69, 9.17) is 10.8 Å². The minimum Gasteiger partial charge on any atom is -0.478 e.